The molecule has 0 unspecified atom stereocenters. The lowest BCUT2D eigenvalue weighted by Crippen LogP contribution is -2.63. The third-order valence-corrected chi connectivity index (χ3v) is 5.89. The maximum absolute atomic E-state index is 12.4. The van der Waals surface area contributed by atoms with Crippen molar-refractivity contribution >= 4 is 17.3 Å². The Morgan fingerprint density at radius 2 is 1.78 bits per heavy atom. The molecule has 1 aliphatic heterocycles. The van der Waals surface area contributed by atoms with E-state index in [9.17, 15) is 4.79 Å². The van der Waals surface area contributed by atoms with Crippen LogP contribution < -0.4 is 10.2 Å². The van der Waals surface area contributed by atoms with Gasteiger partial charge in [0, 0.05) is 47.6 Å². The van der Waals surface area contributed by atoms with E-state index in [2.05, 4.69) is 44.7 Å². The zero-order valence-electron chi connectivity index (χ0n) is 15.1. The van der Waals surface area contributed by atoms with Gasteiger partial charge in [0.05, 0.1) is 6.20 Å². The number of carbonyl (C=O) groups is 1. The second-order valence-corrected chi connectivity index (χ2v) is 7.85. The van der Waals surface area contributed by atoms with Crippen LogP contribution in [0, 0.1) is 11.3 Å². The molecule has 2 fully saturated rings. The molecule has 5 nitrogen and oxygen atoms in total. The maximum Gasteiger partial charge on any atom is 0.227 e. The average molecular weight is 358 g/mol. The van der Waals surface area contributed by atoms with E-state index in [4.69, 9.17) is 0 Å². The largest absolute Gasteiger partial charge is 0.370 e. The predicted molar refractivity (Wildman–Crippen MR) is 106 cm³/mol. The summed E-state index contributed by atoms with van der Waals surface area (Å²) in [5.41, 5.74) is 4.75. The normalized spacial score (nSPS) is 18.0. The summed E-state index contributed by atoms with van der Waals surface area (Å²) in [5.74, 6) is 0.311. The molecule has 5 heteroatoms. The van der Waals surface area contributed by atoms with Gasteiger partial charge in [0.25, 0.3) is 0 Å². The Morgan fingerprint density at radius 3 is 2.44 bits per heavy atom. The average Bonchev–Trinajstić information content (AvgIpc) is 3.15. The maximum atomic E-state index is 12.4. The van der Waals surface area contributed by atoms with Gasteiger partial charge < -0.3 is 10.2 Å². The SMILES string of the molecule is O=C(Nc1ccccc1)C1CC2(C1)CN(c1ccc(-c3cn[nH]c3)cc1)C2. The molecule has 2 aromatic carbocycles. The number of amides is 1. The number of nitrogens with zero attached hydrogens (tertiary/aromatic N) is 2. The van der Waals surface area contributed by atoms with Gasteiger partial charge in [-0.15, -0.1) is 0 Å². The molecule has 0 radical (unpaired) electrons. The smallest absolute Gasteiger partial charge is 0.227 e. The summed E-state index contributed by atoms with van der Waals surface area (Å²) in [5, 5.41) is 9.88. The number of hydrogen-bond acceptors (Lipinski definition) is 3. The summed E-state index contributed by atoms with van der Waals surface area (Å²) in [6.45, 7) is 2.10. The van der Waals surface area contributed by atoms with Crippen LogP contribution in [0.4, 0.5) is 11.4 Å². The molecule has 136 valence electrons. The molecule has 2 N–H and O–H groups in total. The molecule has 0 bridgehead atoms. The minimum Gasteiger partial charge on any atom is -0.370 e. The molecule has 1 aromatic heterocycles. The number of benzene rings is 2. The van der Waals surface area contributed by atoms with Crippen LogP contribution >= 0.6 is 0 Å². The van der Waals surface area contributed by atoms with Crippen LogP contribution in [0.3, 0.4) is 0 Å². The van der Waals surface area contributed by atoms with Gasteiger partial charge in [-0.25, -0.2) is 0 Å². The molecule has 1 aliphatic carbocycles. The van der Waals surface area contributed by atoms with Crippen LogP contribution in [0.15, 0.2) is 67.0 Å². The zero-order chi connectivity index (χ0) is 18.3. The number of aromatic nitrogens is 2. The Labute approximate surface area is 158 Å². The fraction of sp³-hybridized carbons (Fsp3) is 0.273. The highest BCUT2D eigenvalue weighted by Gasteiger charge is 2.54. The monoisotopic (exact) mass is 358 g/mol. The summed E-state index contributed by atoms with van der Waals surface area (Å²) in [4.78, 5) is 14.8. The van der Waals surface area contributed by atoms with E-state index in [0.717, 1.165) is 37.2 Å². The van der Waals surface area contributed by atoms with Crippen molar-refractivity contribution in [3.63, 3.8) is 0 Å². The van der Waals surface area contributed by atoms with Crippen LogP contribution in [0.25, 0.3) is 11.1 Å². The first kappa shape index (κ1) is 16.1. The molecule has 1 amide bonds. The van der Waals surface area contributed by atoms with E-state index in [1.165, 1.54) is 11.3 Å². The lowest BCUT2D eigenvalue weighted by Gasteiger charge is -2.59. The quantitative estimate of drug-likeness (QED) is 0.743. The van der Waals surface area contributed by atoms with Crippen molar-refractivity contribution in [1.82, 2.24) is 10.2 Å². The van der Waals surface area contributed by atoms with Crippen molar-refractivity contribution < 1.29 is 4.79 Å². The second kappa shape index (κ2) is 6.27. The van der Waals surface area contributed by atoms with E-state index >= 15 is 0 Å². The zero-order valence-corrected chi connectivity index (χ0v) is 15.1. The molecule has 1 spiro atoms. The van der Waals surface area contributed by atoms with E-state index in [1.54, 1.807) is 0 Å². The molecule has 2 heterocycles. The van der Waals surface area contributed by atoms with Gasteiger partial charge >= 0.3 is 0 Å². The first-order valence-electron chi connectivity index (χ1n) is 9.41. The number of anilines is 2. The van der Waals surface area contributed by atoms with Crippen molar-refractivity contribution in [2.45, 2.75) is 12.8 Å². The molecule has 3 aromatic rings. The van der Waals surface area contributed by atoms with Crippen LogP contribution in [0.1, 0.15) is 12.8 Å². The highest BCUT2D eigenvalue weighted by molar-refractivity contribution is 5.93. The first-order chi connectivity index (χ1) is 13.2. The Balaban J connectivity index is 1.14. The molecular formula is C22H22N4O. The van der Waals surface area contributed by atoms with Gasteiger partial charge in [-0.3, -0.25) is 9.89 Å². The standard InChI is InChI=1S/C22H22N4O/c27-21(25-19-4-2-1-3-5-19)17-10-22(11-17)14-26(15-22)20-8-6-16(7-9-20)18-12-23-24-13-18/h1-9,12-13,17H,10-11,14-15H2,(H,23,24)(H,25,27). The number of rotatable bonds is 4. The molecule has 5 rings (SSSR count). The van der Waals surface area contributed by atoms with Crippen molar-refractivity contribution in [3.8, 4) is 11.1 Å². The highest BCUT2D eigenvalue weighted by atomic mass is 16.1. The Morgan fingerprint density at radius 1 is 1.04 bits per heavy atom. The summed E-state index contributed by atoms with van der Waals surface area (Å²) in [6, 6.07) is 18.3. The van der Waals surface area contributed by atoms with Gasteiger partial charge in [0.15, 0.2) is 0 Å². The fourth-order valence-electron chi connectivity index (χ4n) is 4.41. The summed E-state index contributed by atoms with van der Waals surface area (Å²) >= 11 is 0. The number of aromatic amines is 1. The lowest BCUT2D eigenvalue weighted by molar-refractivity contribution is -0.128. The van der Waals surface area contributed by atoms with Gasteiger partial charge in [-0.2, -0.15) is 5.10 Å². The number of hydrogen-bond donors (Lipinski definition) is 2. The van der Waals surface area contributed by atoms with Crippen molar-refractivity contribution in [2.24, 2.45) is 11.3 Å². The van der Waals surface area contributed by atoms with E-state index in [-0.39, 0.29) is 11.8 Å². The third kappa shape index (κ3) is 2.99. The Kier molecular flexibility index (Phi) is 3.74. The summed E-state index contributed by atoms with van der Waals surface area (Å²) in [7, 11) is 0. The summed E-state index contributed by atoms with van der Waals surface area (Å²) < 4.78 is 0. The molecule has 2 aliphatic rings. The third-order valence-electron chi connectivity index (χ3n) is 5.89. The number of H-pyrrole nitrogens is 1. The predicted octanol–water partition coefficient (Wildman–Crippen LogP) is 3.93. The molecule has 0 atom stereocenters. The Hall–Kier alpha value is -3.08. The molecule has 1 saturated carbocycles. The van der Waals surface area contributed by atoms with Gasteiger partial charge in [0.2, 0.25) is 5.91 Å². The second-order valence-electron chi connectivity index (χ2n) is 7.85. The lowest BCUT2D eigenvalue weighted by atomic mass is 9.57. The van der Waals surface area contributed by atoms with Crippen LogP contribution in [-0.4, -0.2) is 29.2 Å². The fourth-order valence-corrected chi connectivity index (χ4v) is 4.41. The summed E-state index contributed by atoms with van der Waals surface area (Å²) in [6.07, 6.45) is 5.73. The van der Waals surface area contributed by atoms with E-state index in [0.29, 0.717) is 5.41 Å². The Bertz CT molecular complexity index is 920. The minimum atomic E-state index is 0.149. The number of para-hydroxylation sites is 1. The molecule has 27 heavy (non-hydrogen) atoms. The van der Waals surface area contributed by atoms with Crippen LogP contribution in [-0.2, 0) is 4.79 Å². The number of nitrogens with one attached hydrogen (secondary N) is 2. The highest BCUT2D eigenvalue weighted by Crippen LogP contribution is 2.53. The van der Waals surface area contributed by atoms with Crippen LogP contribution in [0.5, 0.6) is 0 Å². The van der Waals surface area contributed by atoms with Gasteiger partial charge in [0.1, 0.15) is 0 Å². The van der Waals surface area contributed by atoms with Crippen LogP contribution in [0.2, 0.25) is 0 Å². The van der Waals surface area contributed by atoms with Crippen molar-refractivity contribution in [2.75, 3.05) is 23.3 Å². The topological polar surface area (TPSA) is 61.0 Å². The molecular weight excluding hydrogens is 336 g/mol. The van der Waals surface area contributed by atoms with E-state index in [1.807, 2.05) is 42.7 Å². The first-order valence-corrected chi connectivity index (χ1v) is 9.41. The van der Waals surface area contributed by atoms with Crippen molar-refractivity contribution in [1.29, 1.82) is 0 Å². The number of carbonyl (C=O) groups excluding carboxylic acids is 1. The van der Waals surface area contributed by atoms with E-state index < -0.39 is 0 Å². The molecule has 1 saturated heterocycles. The van der Waals surface area contributed by atoms with Crippen molar-refractivity contribution in [3.05, 3.63) is 67.0 Å². The minimum absolute atomic E-state index is 0.149. The van der Waals surface area contributed by atoms with Gasteiger partial charge in [-0.1, -0.05) is 30.3 Å². The van der Waals surface area contributed by atoms with Gasteiger partial charge in [-0.05, 0) is 42.7 Å².